The summed E-state index contributed by atoms with van der Waals surface area (Å²) in [7, 11) is -3.48. The Morgan fingerprint density at radius 2 is 1.75 bits per heavy atom. The molecule has 20 heavy (non-hydrogen) atoms. The van der Waals surface area contributed by atoms with Gasteiger partial charge in [0.1, 0.15) is 5.54 Å². The molecule has 0 aromatic rings. The van der Waals surface area contributed by atoms with Gasteiger partial charge in [0.2, 0.25) is 0 Å². The van der Waals surface area contributed by atoms with Crippen LogP contribution in [0, 0.1) is 0 Å². The van der Waals surface area contributed by atoms with Crippen LogP contribution in [0.3, 0.4) is 0 Å². The normalized spacial score (nSPS) is 23.1. The quantitative estimate of drug-likeness (QED) is 0.667. The highest BCUT2D eigenvalue weighted by atomic mass is 32.2. The lowest BCUT2D eigenvalue weighted by atomic mass is 9.89. The Morgan fingerprint density at radius 3 is 2.15 bits per heavy atom. The van der Waals surface area contributed by atoms with E-state index in [1.165, 1.54) is 8.61 Å². The van der Waals surface area contributed by atoms with Gasteiger partial charge in [0.15, 0.2) is 0 Å². The lowest BCUT2D eigenvalue weighted by Crippen LogP contribution is -2.57. The molecule has 2 aliphatic heterocycles. The van der Waals surface area contributed by atoms with E-state index >= 15 is 0 Å². The van der Waals surface area contributed by atoms with Gasteiger partial charge in [-0.15, -0.1) is 0 Å². The molecule has 0 atom stereocenters. The van der Waals surface area contributed by atoms with Crippen molar-refractivity contribution >= 4 is 22.1 Å². The van der Waals surface area contributed by atoms with Gasteiger partial charge < -0.3 is 5.32 Å². The van der Waals surface area contributed by atoms with E-state index in [9.17, 15) is 18.0 Å². The molecule has 2 aliphatic rings. The van der Waals surface area contributed by atoms with E-state index in [1.54, 1.807) is 13.8 Å². The second-order valence-electron chi connectivity index (χ2n) is 4.98. The molecule has 1 spiro atoms. The van der Waals surface area contributed by atoms with Gasteiger partial charge in [0.05, 0.1) is 0 Å². The monoisotopic (exact) mass is 304 g/mol. The van der Waals surface area contributed by atoms with Gasteiger partial charge >= 0.3 is 6.03 Å². The summed E-state index contributed by atoms with van der Waals surface area (Å²) in [5.74, 6) is -0.359. The van der Waals surface area contributed by atoms with Crippen LogP contribution in [-0.4, -0.2) is 60.7 Å². The number of piperidine rings is 1. The first kappa shape index (κ1) is 15.2. The molecule has 2 saturated heterocycles. The van der Waals surface area contributed by atoms with Crippen molar-refractivity contribution in [1.29, 1.82) is 0 Å². The molecule has 2 rings (SSSR count). The summed E-state index contributed by atoms with van der Waals surface area (Å²) in [5.41, 5.74) is -0.938. The maximum atomic E-state index is 12.4. The number of hydrogen-bond donors (Lipinski definition) is 2. The number of nitrogens with zero attached hydrogens (tertiary/aromatic N) is 2. The van der Waals surface area contributed by atoms with Crippen molar-refractivity contribution in [2.24, 2.45) is 0 Å². The third kappa shape index (κ3) is 2.40. The topological polar surface area (TPSA) is 98.8 Å². The predicted molar refractivity (Wildman–Crippen MR) is 72.1 cm³/mol. The van der Waals surface area contributed by atoms with Gasteiger partial charge in [-0.25, -0.2) is 4.79 Å². The molecule has 3 amide bonds. The fourth-order valence-corrected chi connectivity index (χ4v) is 4.32. The van der Waals surface area contributed by atoms with Crippen LogP contribution >= 0.6 is 0 Å². The minimum Gasteiger partial charge on any atom is -0.323 e. The zero-order valence-corrected chi connectivity index (χ0v) is 12.5. The highest BCUT2D eigenvalue weighted by Gasteiger charge is 2.49. The van der Waals surface area contributed by atoms with Crippen LogP contribution in [-0.2, 0) is 15.0 Å². The van der Waals surface area contributed by atoms with Crippen LogP contribution in [0.15, 0.2) is 0 Å². The Kier molecular flexibility index (Phi) is 4.03. The summed E-state index contributed by atoms with van der Waals surface area (Å²) in [6.45, 7) is 4.86. The maximum absolute atomic E-state index is 12.4. The molecule has 0 aromatic heterocycles. The Hall–Kier alpha value is -1.19. The van der Waals surface area contributed by atoms with Gasteiger partial charge in [0.25, 0.3) is 16.1 Å². The number of amides is 3. The van der Waals surface area contributed by atoms with Crippen molar-refractivity contribution in [2.75, 3.05) is 26.2 Å². The summed E-state index contributed by atoms with van der Waals surface area (Å²) in [6.07, 6.45) is 0.593. The van der Waals surface area contributed by atoms with E-state index < -0.39 is 21.8 Å². The molecule has 2 N–H and O–H groups in total. The smallest absolute Gasteiger partial charge is 0.322 e. The molecular formula is C11H20N4O4S. The third-order valence-corrected chi connectivity index (χ3v) is 6.14. The first-order valence-electron chi connectivity index (χ1n) is 6.74. The first-order chi connectivity index (χ1) is 9.35. The summed E-state index contributed by atoms with van der Waals surface area (Å²) in [6, 6.07) is -0.505. The summed E-state index contributed by atoms with van der Waals surface area (Å²) >= 11 is 0. The zero-order valence-electron chi connectivity index (χ0n) is 11.7. The SMILES string of the molecule is CCN(CC)S(=O)(=O)N1CCC2(CC1)NC(=O)NC2=O. The van der Waals surface area contributed by atoms with Crippen molar-refractivity contribution in [2.45, 2.75) is 32.2 Å². The van der Waals surface area contributed by atoms with Crippen molar-refractivity contribution in [3.8, 4) is 0 Å². The summed E-state index contributed by atoms with van der Waals surface area (Å²) in [5, 5.41) is 4.82. The van der Waals surface area contributed by atoms with Gasteiger partial charge in [-0.3, -0.25) is 10.1 Å². The average Bonchev–Trinajstić information content (AvgIpc) is 2.65. The van der Waals surface area contributed by atoms with E-state index in [-0.39, 0.29) is 19.0 Å². The number of carbonyl (C=O) groups is 2. The van der Waals surface area contributed by atoms with Crippen molar-refractivity contribution < 1.29 is 18.0 Å². The van der Waals surface area contributed by atoms with Crippen LogP contribution in [0.1, 0.15) is 26.7 Å². The number of imide groups is 1. The molecule has 0 bridgehead atoms. The summed E-state index contributed by atoms with van der Waals surface area (Å²) in [4.78, 5) is 23.0. The average molecular weight is 304 g/mol. The fraction of sp³-hybridized carbons (Fsp3) is 0.818. The highest BCUT2D eigenvalue weighted by Crippen LogP contribution is 2.27. The lowest BCUT2D eigenvalue weighted by molar-refractivity contribution is -0.125. The largest absolute Gasteiger partial charge is 0.323 e. The second kappa shape index (κ2) is 5.30. The predicted octanol–water partition coefficient (Wildman–Crippen LogP) is -0.753. The lowest BCUT2D eigenvalue weighted by Gasteiger charge is -2.38. The molecule has 0 aromatic carbocycles. The van der Waals surface area contributed by atoms with Gasteiger partial charge in [-0.2, -0.15) is 17.0 Å². The van der Waals surface area contributed by atoms with Gasteiger partial charge in [-0.1, -0.05) is 13.8 Å². The zero-order chi connectivity index (χ0) is 15.0. The standard InChI is InChI=1S/C11H20N4O4S/c1-3-14(4-2)20(18,19)15-7-5-11(6-8-15)9(16)12-10(17)13-11/h3-8H2,1-2H3,(H2,12,13,16,17). The van der Waals surface area contributed by atoms with E-state index in [0.717, 1.165) is 0 Å². The van der Waals surface area contributed by atoms with Crippen LogP contribution in [0.25, 0.3) is 0 Å². The van der Waals surface area contributed by atoms with Crippen molar-refractivity contribution in [3.63, 3.8) is 0 Å². The van der Waals surface area contributed by atoms with E-state index in [0.29, 0.717) is 25.9 Å². The van der Waals surface area contributed by atoms with Crippen LogP contribution in [0.4, 0.5) is 4.79 Å². The Morgan fingerprint density at radius 1 is 1.20 bits per heavy atom. The van der Waals surface area contributed by atoms with E-state index in [1.807, 2.05) is 0 Å². The fourth-order valence-electron chi connectivity index (χ4n) is 2.69. The summed E-state index contributed by atoms with van der Waals surface area (Å²) < 4.78 is 27.5. The Balaban J connectivity index is 2.08. The number of nitrogens with one attached hydrogen (secondary N) is 2. The number of carbonyl (C=O) groups excluding carboxylic acids is 2. The van der Waals surface area contributed by atoms with Crippen LogP contribution in [0.5, 0.6) is 0 Å². The van der Waals surface area contributed by atoms with Crippen molar-refractivity contribution in [1.82, 2.24) is 19.2 Å². The van der Waals surface area contributed by atoms with Crippen molar-refractivity contribution in [3.05, 3.63) is 0 Å². The molecular weight excluding hydrogens is 284 g/mol. The molecule has 0 unspecified atom stereocenters. The highest BCUT2D eigenvalue weighted by molar-refractivity contribution is 7.86. The molecule has 114 valence electrons. The molecule has 0 radical (unpaired) electrons. The Labute approximate surface area is 118 Å². The number of rotatable bonds is 4. The molecule has 2 heterocycles. The minimum absolute atomic E-state index is 0.229. The molecule has 8 nitrogen and oxygen atoms in total. The molecule has 9 heteroatoms. The minimum atomic E-state index is -3.48. The van der Waals surface area contributed by atoms with Gasteiger partial charge in [0, 0.05) is 26.2 Å². The second-order valence-corrected chi connectivity index (χ2v) is 6.91. The first-order valence-corrected chi connectivity index (χ1v) is 8.14. The van der Waals surface area contributed by atoms with Crippen LogP contribution in [0.2, 0.25) is 0 Å². The maximum Gasteiger partial charge on any atom is 0.322 e. The van der Waals surface area contributed by atoms with Crippen LogP contribution < -0.4 is 10.6 Å². The molecule has 0 saturated carbocycles. The van der Waals surface area contributed by atoms with E-state index in [2.05, 4.69) is 10.6 Å². The number of urea groups is 1. The molecule has 2 fully saturated rings. The van der Waals surface area contributed by atoms with E-state index in [4.69, 9.17) is 0 Å². The third-order valence-electron chi connectivity index (χ3n) is 3.95. The van der Waals surface area contributed by atoms with Gasteiger partial charge in [-0.05, 0) is 12.8 Å². The number of hydrogen-bond acceptors (Lipinski definition) is 4. The molecule has 0 aliphatic carbocycles. The Bertz CT molecular complexity index is 507.